The number of rotatable bonds is 1. The number of benzene rings is 4. The Morgan fingerprint density at radius 3 is 2.28 bits per heavy atom. The van der Waals surface area contributed by atoms with Crippen LogP contribution in [-0.2, 0) is 12.8 Å². The van der Waals surface area contributed by atoms with E-state index in [0.717, 1.165) is 17.9 Å². The van der Waals surface area contributed by atoms with Crippen molar-refractivity contribution in [2.24, 2.45) is 0 Å². The smallest absolute Gasteiger partial charge is 0.0406 e. The lowest BCUT2D eigenvalue weighted by Gasteiger charge is -2.22. The Balaban J connectivity index is 1.65. The van der Waals surface area contributed by atoms with Crippen molar-refractivity contribution >= 4 is 22.4 Å². The quantitative estimate of drug-likeness (QED) is 0.352. The first-order chi connectivity index (χ1) is 12.3. The topological polar surface area (TPSA) is 0 Å². The molecule has 0 fully saturated rings. The molecule has 4 aromatic carbocycles. The summed E-state index contributed by atoms with van der Waals surface area (Å²) in [5.74, 6) is 0. The Labute approximate surface area is 152 Å². The van der Waals surface area contributed by atoms with Crippen LogP contribution in [0.1, 0.15) is 11.1 Å². The van der Waals surface area contributed by atoms with Crippen molar-refractivity contribution in [2.45, 2.75) is 12.8 Å². The molecule has 0 spiro atoms. The summed E-state index contributed by atoms with van der Waals surface area (Å²) >= 11 is 6.02. The van der Waals surface area contributed by atoms with Gasteiger partial charge in [0, 0.05) is 5.02 Å². The van der Waals surface area contributed by atoms with Crippen LogP contribution in [0.3, 0.4) is 0 Å². The van der Waals surface area contributed by atoms with Gasteiger partial charge in [0.15, 0.2) is 0 Å². The molecule has 0 unspecified atom stereocenters. The van der Waals surface area contributed by atoms with Crippen molar-refractivity contribution < 1.29 is 0 Å². The van der Waals surface area contributed by atoms with Gasteiger partial charge in [-0.15, -0.1) is 0 Å². The van der Waals surface area contributed by atoms with E-state index in [9.17, 15) is 0 Å². The van der Waals surface area contributed by atoms with Crippen LogP contribution in [0.25, 0.3) is 33.0 Å². The zero-order chi connectivity index (χ0) is 16.8. The van der Waals surface area contributed by atoms with E-state index >= 15 is 0 Å². The van der Waals surface area contributed by atoms with E-state index in [1.807, 2.05) is 12.1 Å². The van der Waals surface area contributed by atoms with Gasteiger partial charge in [0.2, 0.25) is 0 Å². The van der Waals surface area contributed by atoms with Crippen molar-refractivity contribution in [1.29, 1.82) is 0 Å². The van der Waals surface area contributed by atoms with Gasteiger partial charge in [0.1, 0.15) is 0 Å². The van der Waals surface area contributed by atoms with Gasteiger partial charge >= 0.3 is 0 Å². The third kappa shape index (κ3) is 2.45. The fraction of sp³-hybridized carbons (Fsp3) is 0.0833. The second-order valence-corrected chi connectivity index (χ2v) is 7.13. The Bertz CT molecular complexity index is 1090. The molecule has 120 valence electrons. The second kappa shape index (κ2) is 5.75. The van der Waals surface area contributed by atoms with E-state index in [0.29, 0.717) is 0 Å². The van der Waals surface area contributed by atoms with E-state index in [1.54, 1.807) is 0 Å². The Kier molecular flexibility index (Phi) is 3.39. The van der Waals surface area contributed by atoms with Gasteiger partial charge in [-0.1, -0.05) is 78.3 Å². The Morgan fingerprint density at radius 2 is 1.40 bits per heavy atom. The summed E-state index contributed by atoms with van der Waals surface area (Å²) in [4.78, 5) is 0. The fourth-order valence-corrected chi connectivity index (χ4v) is 4.13. The van der Waals surface area contributed by atoms with Crippen LogP contribution < -0.4 is 0 Å². The monoisotopic (exact) mass is 340 g/mol. The highest BCUT2D eigenvalue weighted by Gasteiger charge is 2.18. The van der Waals surface area contributed by atoms with Crippen LogP contribution >= 0.6 is 11.6 Å². The molecular formula is C24H17Cl. The van der Waals surface area contributed by atoms with Gasteiger partial charge in [-0.05, 0) is 69.1 Å². The van der Waals surface area contributed by atoms with Gasteiger partial charge in [-0.3, -0.25) is 0 Å². The van der Waals surface area contributed by atoms with Crippen molar-refractivity contribution in [3.05, 3.63) is 95.0 Å². The Morgan fingerprint density at radius 1 is 0.640 bits per heavy atom. The molecule has 0 heterocycles. The van der Waals surface area contributed by atoms with E-state index < -0.39 is 0 Å². The van der Waals surface area contributed by atoms with Gasteiger partial charge < -0.3 is 0 Å². The number of hydrogen-bond donors (Lipinski definition) is 0. The second-order valence-electron chi connectivity index (χ2n) is 6.69. The largest absolute Gasteiger partial charge is 0.0843 e. The van der Waals surface area contributed by atoms with Gasteiger partial charge in [-0.2, -0.15) is 0 Å². The zero-order valence-electron chi connectivity index (χ0n) is 13.8. The summed E-state index contributed by atoms with van der Waals surface area (Å²) in [6.07, 6.45) is 2.20. The fourth-order valence-electron chi connectivity index (χ4n) is 4.00. The summed E-state index contributed by atoms with van der Waals surface area (Å²) in [6, 6.07) is 28.2. The molecular weight excluding hydrogens is 324 g/mol. The first-order valence-electron chi connectivity index (χ1n) is 8.69. The molecule has 0 radical (unpaired) electrons. The van der Waals surface area contributed by atoms with Crippen LogP contribution in [0.5, 0.6) is 0 Å². The SMILES string of the molecule is Clc1ccc(-c2ccc3c(c2)CCc2c-3ccc3ccccc23)cc1. The minimum absolute atomic E-state index is 0.780. The normalized spacial score (nSPS) is 12.7. The molecule has 0 aromatic heterocycles. The predicted octanol–water partition coefficient (Wildman–Crippen LogP) is 6.93. The van der Waals surface area contributed by atoms with Gasteiger partial charge in [0.05, 0.1) is 0 Å². The van der Waals surface area contributed by atoms with Crippen LogP contribution in [0.15, 0.2) is 78.9 Å². The maximum atomic E-state index is 6.02. The summed E-state index contributed by atoms with van der Waals surface area (Å²) < 4.78 is 0. The molecule has 0 aliphatic heterocycles. The lowest BCUT2D eigenvalue weighted by Crippen LogP contribution is -2.04. The molecule has 0 amide bonds. The summed E-state index contributed by atoms with van der Waals surface area (Å²) in [5, 5.41) is 3.51. The molecule has 0 atom stereocenters. The van der Waals surface area contributed by atoms with Gasteiger partial charge in [-0.25, -0.2) is 0 Å². The molecule has 0 saturated carbocycles. The number of hydrogen-bond acceptors (Lipinski definition) is 0. The molecule has 4 aromatic rings. The van der Waals surface area contributed by atoms with Crippen LogP contribution in [-0.4, -0.2) is 0 Å². The maximum Gasteiger partial charge on any atom is 0.0406 e. The lowest BCUT2D eigenvalue weighted by molar-refractivity contribution is 0.951. The average molecular weight is 341 g/mol. The highest BCUT2D eigenvalue weighted by molar-refractivity contribution is 6.30. The average Bonchev–Trinajstić information content (AvgIpc) is 2.67. The number of aryl methyl sites for hydroxylation is 2. The van der Waals surface area contributed by atoms with Crippen LogP contribution in [0.2, 0.25) is 5.02 Å². The first-order valence-corrected chi connectivity index (χ1v) is 9.07. The summed E-state index contributed by atoms with van der Waals surface area (Å²) in [7, 11) is 0. The maximum absolute atomic E-state index is 6.02. The van der Waals surface area contributed by atoms with E-state index in [4.69, 9.17) is 11.6 Å². The lowest BCUT2D eigenvalue weighted by atomic mass is 9.82. The van der Waals surface area contributed by atoms with E-state index in [1.165, 1.54) is 44.2 Å². The highest BCUT2D eigenvalue weighted by atomic mass is 35.5. The molecule has 5 rings (SSSR count). The molecule has 0 nitrogen and oxygen atoms in total. The van der Waals surface area contributed by atoms with Crippen molar-refractivity contribution in [1.82, 2.24) is 0 Å². The minimum Gasteiger partial charge on any atom is -0.0843 e. The Hall–Kier alpha value is -2.57. The van der Waals surface area contributed by atoms with Crippen LogP contribution in [0, 0.1) is 0 Å². The molecule has 1 heteroatoms. The predicted molar refractivity (Wildman–Crippen MR) is 107 cm³/mol. The molecule has 25 heavy (non-hydrogen) atoms. The standard InChI is InChI=1S/C24H17Cl/c25-20-10-5-16(6-11-20)18-8-12-22-19(15-18)9-14-23-21-4-2-1-3-17(21)7-13-24(22)23/h1-8,10-13,15H,9,14H2. The van der Waals surface area contributed by atoms with E-state index in [2.05, 4.69) is 66.7 Å². The third-order valence-corrected chi connectivity index (χ3v) is 5.51. The van der Waals surface area contributed by atoms with Crippen molar-refractivity contribution in [2.75, 3.05) is 0 Å². The van der Waals surface area contributed by atoms with Crippen molar-refractivity contribution in [3.8, 4) is 22.3 Å². The molecule has 0 saturated heterocycles. The zero-order valence-corrected chi connectivity index (χ0v) is 14.6. The van der Waals surface area contributed by atoms with Gasteiger partial charge in [0.25, 0.3) is 0 Å². The highest BCUT2D eigenvalue weighted by Crippen LogP contribution is 2.39. The molecule has 1 aliphatic carbocycles. The number of halogens is 1. The van der Waals surface area contributed by atoms with Crippen LogP contribution in [0.4, 0.5) is 0 Å². The first kappa shape index (κ1) is 14.7. The number of fused-ring (bicyclic) bond motifs is 5. The minimum atomic E-state index is 0.780. The molecule has 1 aliphatic rings. The molecule has 0 N–H and O–H groups in total. The third-order valence-electron chi connectivity index (χ3n) is 5.26. The summed E-state index contributed by atoms with van der Waals surface area (Å²) in [6.45, 7) is 0. The summed E-state index contributed by atoms with van der Waals surface area (Å²) in [5.41, 5.74) is 8.18. The molecule has 0 bridgehead atoms. The van der Waals surface area contributed by atoms with E-state index in [-0.39, 0.29) is 0 Å². The van der Waals surface area contributed by atoms with Crippen molar-refractivity contribution in [3.63, 3.8) is 0 Å².